The summed E-state index contributed by atoms with van der Waals surface area (Å²) in [6.07, 6.45) is 5.42. The third kappa shape index (κ3) is 3.60. The lowest BCUT2D eigenvalue weighted by Gasteiger charge is -2.25. The molecule has 1 amide bonds. The first-order chi connectivity index (χ1) is 8.99. The van der Waals surface area contributed by atoms with E-state index in [0.717, 1.165) is 31.4 Å². The molecule has 2 rings (SSSR count). The minimum atomic E-state index is -1.15. The molecule has 0 saturated heterocycles. The molecular formula is C15H23NO3. The fourth-order valence-electron chi connectivity index (χ4n) is 2.58. The predicted molar refractivity (Wildman–Crippen MR) is 72.6 cm³/mol. The van der Waals surface area contributed by atoms with Gasteiger partial charge in [-0.15, -0.1) is 0 Å². The first-order valence-electron chi connectivity index (χ1n) is 7.06. The molecule has 0 spiro atoms. The van der Waals surface area contributed by atoms with Gasteiger partial charge in [0, 0.05) is 5.92 Å². The Labute approximate surface area is 114 Å². The topological polar surface area (TPSA) is 62.5 Å². The maximum Gasteiger partial charge on any atom is 0.223 e. The molecule has 106 valence electrons. The van der Waals surface area contributed by atoms with E-state index in [1.54, 1.807) is 13.0 Å². The normalized spacial score (nSPS) is 19.9. The fourth-order valence-corrected chi connectivity index (χ4v) is 2.58. The number of aryl methyl sites for hydroxylation is 1. The van der Waals surface area contributed by atoms with Gasteiger partial charge in [0.2, 0.25) is 5.91 Å². The Morgan fingerprint density at radius 1 is 1.42 bits per heavy atom. The van der Waals surface area contributed by atoms with E-state index in [4.69, 9.17) is 4.42 Å². The molecule has 0 aromatic carbocycles. The number of hydrogen-bond donors (Lipinski definition) is 2. The number of rotatable bonds is 4. The lowest BCUT2D eigenvalue weighted by molar-refractivity contribution is -0.127. The van der Waals surface area contributed by atoms with Crippen LogP contribution in [0.25, 0.3) is 0 Å². The molecule has 1 saturated carbocycles. The number of furan rings is 1. The van der Waals surface area contributed by atoms with Crippen LogP contribution in [0, 0.1) is 12.8 Å². The van der Waals surface area contributed by atoms with E-state index in [0.29, 0.717) is 5.76 Å². The zero-order valence-corrected chi connectivity index (χ0v) is 11.7. The zero-order valence-electron chi connectivity index (χ0n) is 11.7. The summed E-state index contributed by atoms with van der Waals surface area (Å²) in [7, 11) is 0. The smallest absolute Gasteiger partial charge is 0.223 e. The van der Waals surface area contributed by atoms with E-state index in [-0.39, 0.29) is 18.4 Å². The van der Waals surface area contributed by atoms with Crippen molar-refractivity contribution in [2.45, 2.75) is 51.6 Å². The van der Waals surface area contributed by atoms with E-state index in [9.17, 15) is 9.90 Å². The van der Waals surface area contributed by atoms with Gasteiger partial charge in [-0.2, -0.15) is 0 Å². The molecular weight excluding hydrogens is 242 g/mol. The Bertz CT molecular complexity index is 430. The molecule has 2 N–H and O–H groups in total. The molecule has 1 aromatic rings. The summed E-state index contributed by atoms with van der Waals surface area (Å²) >= 11 is 0. The second-order valence-corrected chi connectivity index (χ2v) is 5.74. The first-order valence-corrected chi connectivity index (χ1v) is 7.06. The molecule has 0 radical (unpaired) electrons. The highest BCUT2D eigenvalue weighted by Gasteiger charge is 2.29. The van der Waals surface area contributed by atoms with Crippen LogP contribution in [-0.2, 0) is 10.4 Å². The second kappa shape index (κ2) is 5.78. The summed E-state index contributed by atoms with van der Waals surface area (Å²) in [6, 6.07) is 3.56. The third-order valence-corrected chi connectivity index (χ3v) is 3.85. The van der Waals surface area contributed by atoms with E-state index in [2.05, 4.69) is 5.32 Å². The van der Waals surface area contributed by atoms with E-state index in [1.807, 2.05) is 13.0 Å². The van der Waals surface area contributed by atoms with Crippen molar-refractivity contribution in [2.75, 3.05) is 6.54 Å². The highest BCUT2D eigenvalue weighted by atomic mass is 16.4. The van der Waals surface area contributed by atoms with Crippen LogP contribution in [0.3, 0.4) is 0 Å². The monoisotopic (exact) mass is 265 g/mol. The Balaban J connectivity index is 1.88. The van der Waals surface area contributed by atoms with Gasteiger partial charge in [0.25, 0.3) is 0 Å². The van der Waals surface area contributed by atoms with Gasteiger partial charge >= 0.3 is 0 Å². The summed E-state index contributed by atoms with van der Waals surface area (Å²) < 4.78 is 5.42. The van der Waals surface area contributed by atoms with Gasteiger partial charge < -0.3 is 14.8 Å². The van der Waals surface area contributed by atoms with Crippen molar-refractivity contribution in [3.8, 4) is 0 Å². The summed E-state index contributed by atoms with van der Waals surface area (Å²) in [5, 5.41) is 13.2. The molecule has 0 bridgehead atoms. The van der Waals surface area contributed by atoms with Gasteiger partial charge in [0.15, 0.2) is 0 Å². The zero-order chi connectivity index (χ0) is 13.9. The number of amides is 1. The quantitative estimate of drug-likeness (QED) is 0.879. The predicted octanol–water partition coefficient (Wildman–Crippen LogP) is 2.49. The van der Waals surface area contributed by atoms with E-state index < -0.39 is 5.60 Å². The Morgan fingerprint density at radius 2 is 2.11 bits per heavy atom. The van der Waals surface area contributed by atoms with Crippen LogP contribution < -0.4 is 5.32 Å². The Morgan fingerprint density at radius 3 is 2.68 bits per heavy atom. The summed E-state index contributed by atoms with van der Waals surface area (Å²) in [6.45, 7) is 3.68. The number of hydrogen-bond acceptors (Lipinski definition) is 3. The van der Waals surface area contributed by atoms with Crippen LogP contribution in [0.2, 0.25) is 0 Å². The highest BCUT2D eigenvalue weighted by molar-refractivity contribution is 5.78. The molecule has 1 aromatic heterocycles. The molecule has 0 unspecified atom stereocenters. The summed E-state index contributed by atoms with van der Waals surface area (Å²) in [5.41, 5.74) is -1.15. The third-order valence-electron chi connectivity index (χ3n) is 3.85. The number of carbonyl (C=O) groups excluding carboxylic acids is 1. The van der Waals surface area contributed by atoms with Gasteiger partial charge in [-0.25, -0.2) is 0 Å². The largest absolute Gasteiger partial charge is 0.463 e. The average molecular weight is 265 g/mol. The van der Waals surface area contributed by atoms with Crippen molar-refractivity contribution in [2.24, 2.45) is 5.92 Å². The molecule has 1 fully saturated rings. The number of carbonyl (C=O) groups is 1. The van der Waals surface area contributed by atoms with Crippen molar-refractivity contribution in [3.63, 3.8) is 0 Å². The SMILES string of the molecule is Cc1ccc([C@](C)(O)CNC(=O)C2CCCCC2)o1. The van der Waals surface area contributed by atoms with Crippen molar-refractivity contribution in [1.29, 1.82) is 0 Å². The van der Waals surface area contributed by atoms with Gasteiger partial charge in [-0.3, -0.25) is 4.79 Å². The van der Waals surface area contributed by atoms with Crippen LogP contribution in [0.15, 0.2) is 16.5 Å². The molecule has 4 nitrogen and oxygen atoms in total. The summed E-state index contributed by atoms with van der Waals surface area (Å²) in [5.74, 6) is 1.42. The maximum absolute atomic E-state index is 12.0. The van der Waals surface area contributed by atoms with Crippen molar-refractivity contribution >= 4 is 5.91 Å². The molecule has 4 heteroatoms. The van der Waals surface area contributed by atoms with Crippen molar-refractivity contribution < 1.29 is 14.3 Å². The standard InChI is InChI=1S/C15H23NO3/c1-11-8-9-13(19-11)15(2,18)10-16-14(17)12-6-4-3-5-7-12/h8-9,12,18H,3-7,10H2,1-2H3,(H,16,17)/t15-/m1/s1. The number of nitrogens with one attached hydrogen (secondary N) is 1. The average Bonchev–Trinajstić information content (AvgIpc) is 2.85. The van der Waals surface area contributed by atoms with Crippen molar-refractivity contribution in [1.82, 2.24) is 5.32 Å². The minimum Gasteiger partial charge on any atom is -0.463 e. The number of aliphatic hydroxyl groups is 1. The summed E-state index contributed by atoms with van der Waals surface area (Å²) in [4.78, 5) is 12.0. The van der Waals surface area contributed by atoms with Crippen LogP contribution in [0.5, 0.6) is 0 Å². The molecule has 1 aliphatic rings. The Kier molecular flexibility index (Phi) is 4.30. The van der Waals surface area contributed by atoms with Gasteiger partial charge in [0.1, 0.15) is 17.1 Å². The molecule has 0 aliphatic heterocycles. The van der Waals surface area contributed by atoms with Crippen LogP contribution in [0.4, 0.5) is 0 Å². The van der Waals surface area contributed by atoms with Gasteiger partial charge in [-0.05, 0) is 38.8 Å². The molecule has 1 aliphatic carbocycles. The fraction of sp³-hybridized carbons (Fsp3) is 0.667. The Hall–Kier alpha value is -1.29. The van der Waals surface area contributed by atoms with Gasteiger partial charge in [0.05, 0.1) is 6.54 Å². The molecule has 1 atom stereocenters. The highest BCUT2D eigenvalue weighted by Crippen LogP contribution is 2.25. The van der Waals surface area contributed by atoms with Crippen LogP contribution >= 0.6 is 0 Å². The molecule has 19 heavy (non-hydrogen) atoms. The van der Waals surface area contributed by atoms with Crippen molar-refractivity contribution in [3.05, 3.63) is 23.7 Å². The van der Waals surface area contributed by atoms with Gasteiger partial charge in [-0.1, -0.05) is 19.3 Å². The minimum absolute atomic E-state index is 0.0586. The molecule has 1 heterocycles. The second-order valence-electron chi connectivity index (χ2n) is 5.74. The van der Waals surface area contributed by atoms with E-state index >= 15 is 0 Å². The first kappa shape index (κ1) is 14.1. The maximum atomic E-state index is 12.0. The lowest BCUT2D eigenvalue weighted by atomic mass is 9.88. The lowest BCUT2D eigenvalue weighted by Crippen LogP contribution is -2.41. The van der Waals surface area contributed by atoms with E-state index in [1.165, 1.54) is 6.42 Å². The van der Waals surface area contributed by atoms with Crippen LogP contribution in [0.1, 0.15) is 50.5 Å². The van der Waals surface area contributed by atoms with Crippen LogP contribution in [-0.4, -0.2) is 17.6 Å².